The molecule has 5 nitrogen and oxygen atoms in total. The minimum atomic E-state index is 0.226. The van der Waals surface area contributed by atoms with Crippen LogP contribution in [0, 0.1) is 0 Å². The standard InChI is InChI=1S/C12H15N3O2/c1-4-16-10-7-9(5-6-13-10)11-14-12(8(2)3)17-15-11/h5-8H,4H2,1-3H3. The highest BCUT2D eigenvalue weighted by Gasteiger charge is 2.12. The molecule has 2 heterocycles. The Bertz CT molecular complexity index is 494. The number of aromatic nitrogens is 3. The Labute approximate surface area is 99.8 Å². The molecule has 0 amide bonds. The molecule has 0 saturated carbocycles. The SMILES string of the molecule is CCOc1cc(-c2noc(C(C)C)n2)ccn1. The molecule has 2 aromatic heterocycles. The Kier molecular flexibility index (Phi) is 3.37. The van der Waals surface area contributed by atoms with Gasteiger partial charge < -0.3 is 9.26 Å². The summed E-state index contributed by atoms with van der Waals surface area (Å²) < 4.78 is 10.5. The molecule has 0 aliphatic rings. The average Bonchev–Trinajstić information content (AvgIpc) is 2.79. The van der Waals surface area contributed by atoms with Gasteiger partial charge in [-0.1, -0.05) is 19.0 Å². The van der Waals surface area contributed by atoms with Crippen LogP contribution in [-0.2, 0) is 0 Å². The lowest BCUT2D eigenvalue weighted by molar-refractivity contribution is 0.327. The van der Waals surface area contributed by atoms with Crippen LogP contribution in [-0.4, -0.2) is 21.7 Å². The third-order valence-corrected chi connectivity index (χ3v) is 2.22. The van der Waals surface area contributed by atoms with Crippen molar-refractivity contribution in [2.24, 2.45) is 0 Å². The number of nitrogens with zero attached hydrogens (tertiary/aromatic N) is 3. The van der Waals surface area contributed by atoms with E-state index in [0.717, 1.165) is 5.56 Å². The minimum Gasteiger partial charge on any atom is -0.478 e. The summed E-state index contributed by atoms with van der Waals surface area (Å²) in [5.74, 6) is 2.00. The van der Waals surface area contributed by atoms with Crippen molar-refractivity contribution in [1.29, 1.82) is 0 Å². The molecule has 0 spiro atoms. The summed E-state index contributed by atoms with van der Waals surface area (Å²) in [5, 5.41) is 3.94. The van der Waals surface area contributed by atoms with Crippen molar-refractivity contribution >= 4 is 0 Å². The largest absolute Gasteiger partial charge is 0.478 e. The van der Waals surface area contributed by atoms with Gasteiger partial charge in [-0.05, 0) is 13.0 Å². The van der Waals surface area contributed by atoms with Gasteiger partial charge in [-0.15, -0.1) is 0 Å². The molecule has 0 aliphatic carbocycles. The van der Waals surface area contributed by atoms with E-state index in [0.29, 0.717) is 24.2 Å². The van der Waals surface area contributed by atoms with E-state index in [2.05, 4.69) is 15.1 Å². The molecule has 0 radical (unpaired) electrons. The summed E-state index contributed by atoms with van der Waals surface area (Å²) in [7, 11) is 0. The second-order valence-corrected chi connectivity index (χ2v) is 3.93. The zero-order valence-corrected chi connectivity index (χ0v) is 10.2. The van der Waals surface area contributed by atoms with E-state index in [4.69, 9.17) is 9.26 Å². The first-order chi connectivity index (χ1) is 8.20. The zero-order chi connectivity index (χ0) is 12.3. The minimum absolute atomic E-state index is 0.226. The van der Waals surface area contributed by atoms with Crippen molar-refractivity contribution in [2.45, 2.75) is 26.7 Å². The van der Waals surface area contributed by atoms with Gasteiger partial charge >= 0.3 is 0 Å². The molecule has 0 aromatic carbocycles. The van der Waals surface area contributed by atoms with Crippen molar-refractivity contribution < 1.29 is 9.26 Å². The topological polar surface area (TPSA) is 61.0 Å². The lowest BCUT2D eigenvalue weighted by Crippen LogP contribution is -1.94. The highest BCUT2D eigenvalue weighted by molar-refractivity contribution is 5.55. The van der Waals surface area contributed by atoms with Gasteiger partial charge in [0, 0.05) is 23.7 Å². The van der Waals surface area contributed by atoms with Crippen LogP contribution in [0.3, 0.4) is 0 Å². The van der Waals surface area contributed by atoms with Crippen molar-refractivity contribution in [2.75, 3.05) is 6.61 Å². The van der Waals surface area contributed by atoms with Gasteiger partial charge in [0.15, 0.2) is 0 Å². The van der Waals surface area contributed by atoms with E-state index in [9.17, 15) is 0 Å². The first kappa shape index (κ1) is 11.6. The van der Waals surface area contributed by atoms with Crippen LogP contribution in [0.1, 0.15) is 32.6 Å². The average molecular weight is 233 g/mol. The molecule has 0 bridgehead atoms. The van der Waals surface area contributed by atoms with Crippen LogP contribution in [0.25, 0.3) is 11.4 Å². The molecular formula is C12H15N3O2. The number of pyridine rings is 1. The van der Waals surface area contributed by atoms with Crippen LogP contribution < -0.4 is 4.74 Å². The number of ether oxygens (including phenoxy) is 1. The molecule has 2 rings (SSSR count). The molecule has 0 unspecified atom stereocenters. The summed E-state index contributed by atoms with van der Waals surface area (Å²) in [6, 6.07) is 3.63. The van der Waals surface area contributed by atoms with Gasteiger partial charge in [0.25, 0.3) is 0 Å². The molecule has 0 fully saturated rings. The molecule has 2 aromatic rings. The summed E-state index contributed by atoms with van der Waals surface area (Å²) in [4.78, 5) is 8.41. The van der Waals surface area contributed by atoms with E-state index < -0.39 is 0 Å². The Morgan fingerprint density at radius 1 is 1.41 bits per heavy atom. The number of hydrogen-bond acceptors (Lipinski definition) is 5. The molecule has 5 heteroatoms. The third-order valence-electron chi connectivity index (χ3n) is 2.22. The van der Waals surface area contributed by atoms with Crippen molar-refractivity contribution in [3.63, 3.8) is 0 Å². The fourth-order valence-corrected chi connectivity index (χ4v) is 1.36. The summed E-state index contributed by atoms with van der Waals surface area (Å²) in [5.41, 5.74) is 0.846. The lowest BCUT2D eigenvalue weighted by atomic mass is 10.2. The smallest absolute Gasteiger partial charge is 0.229 e. The first-order valence-corrected chi connectivity index (χ1v) is 5.63. The number of hydrogen-bond donors (Lipinski definition) is 0. The predicted octanol–water partition coefficient (Wildman–Crippen LogP) is 2.65. The Hall–Kier alpha value is -1.91. The quantitative estimate of drug-likeness (QED) is 0.812. The van der Waals surface area contributed by atoms with Gasteiger partial charge in [-0.25, -0.2) is 4.98 Å². The summed E-state index contributed by atoms with van der Waals surface area (Å²) >= 11 is 0. The maximum absolute atomic E-state index is 5.32. The highest BCUT2D eigenvalue weighted by Crippen LogP contribution is 2.21. The molecule has 0 saturated heterocycles. The number of rotatable bonds is 4. The van der Waals surface area contributed by atoms with Crippen LogP contribution in [0.4, 0.5) is 0 Å². The van der Waals surface area contributed by atoms with Gasteiger partial charge in [0.2, 0.25) is 17.6 Å². The molecule has 0 atom stereocenters. The Balaban J connectivity index is 2.28. The van der Waals surface area contributed by atoms with Crippen molar-refractivity contribution in [3.05, 3.63) is 24.2 Å². The predicted molar refractivity (Wildman–Crippen MR) is 62.8 cm³/mol. The highest BCUT2D eigenvalue weighted by atomic mass is 16.5. The maximum Gasteiger partial charge on any atom is 0.229 e. The second-order valence-electron chi connectivity index (χ2n) is 3.93. The van der Waals surface area contributed by atoms with Gasteiger partial charge in [-0.3, -0.25) is 0 Å². The van der Waals surface area contributed by atoms with E-state index in [1.165, 1.54) is 0 Å². The first-order valence-electron chi connectivity index (χ1n) is 5.63. The van der Waals surface area contributed by atoms with E-state index in [1.807, 2.05) is 26.8 Å². The van der Waals surface area contributed by atoms with E-state index in [-0.39, 0.29) is 5.92 Å². The fraction of sp³-hybridized carbons (Fsp3) is 0.417. The van der Waals surface area contributed by atoms with Crippen molar-refractivity contribution in [1.82, 2.24) is 15.1 Å². The summed E-state index contributed by atoms with van der Waals surface area (Å²) in [6.45, 7) is 6.52. The Morgan fingerprint density at radius 3 is 2.88 bits per heavy atom. The maximum atomic E-state index is 5.32. The van der Waals surface area contributed by atoms with Crippen LogP contribution in [0.15, 0.2) is 22.9 Å². The van der Waals surface area contributed by atoms with Crippen molar-refractivity contribution in [3.8, 4) is 17.3 Å². The van der Waals surface area contributed by atoms with E-state index >= 15 is 0 Å². The fourth-order valence-electron chi connectivity index (χ4n) is 1.36. The normalized spacial score (nSPS) is 10.8. The van der Waals surface area contributed by atoms with Gasteiger partial charge in [0.05, 0.1) is 6.61 Å². The molecule has 0 N–H and O–H groups in total. The second kappa shape index (κ2) is 4.95. The summed E-state index contributed by atoms with van der Waals surface area (Å²) in [6.07, 6.45) is 1.67. The Morgan fingerprint density at radius 2 is 2.24 bits per heavy atom. The van der Waals surface area contributed by atoms with Gasteiger partial charge in [0.1, 0.15) is 0 Å². The van der Waals surface area contributed by atoms with Crippen LogP contribution >= 0.6 is 0 Å². The zero-order valence-electron chi connectivity index (χ0n) is 10.2. The van der Waals surface area contributed by atoms with Gasteiger partial charge in [-0.2, -0.15) is 4.98 Å². The third kappa shape index (κ3) is 2.61. The molecule has 17 heavy (non-hydrogen) atoms. The lowest BCUT2D eigenvalue weighted by Gasteiger charge is -2.01. The van der Waals surface area contributed by atoms with Crippen LogP contribution in [0.5, 0.6) is 5.88 Å². The molecular weight excluding hydrogens is 218 g/mol. The van der Waals surface area contributed by atoms with E-state index in [1.54, 1.807) is 12.3 Å². The molecule has 90 valence electrons. The monoisotopic (exact) mass is 233 g/mol. The molecule has 0 aliphatic heterocycles. The van der Waals surface area contributed by atoms with Crippen LogP contribution in [0.2, 0.25) is 0 Å².